The van der Waals surface area contributed by atoms with Crippen LogP contribution >= 0.6 is 11.5 Å². The Balaban J connectivity index is 2.09. The van der Waals surface area contributed by atoms with E-state index in [1.807, 2.05) is 5.38 Å². The molecule has 14 heavy (non-hydrogen) atoms. The highest BCUT2D eigenvalue weighted by molar-refractivity contribution is 7.03. The fraction of sp³-hybridized carbons (Fsp3) is 0.778. The van der Waals surface area contributed by atoms with Gasteiger partial charge in [0.2, 0.25) is 0 Å². The molecule has 1 rings (SSSR count). The fourth-order valence-corrected chi connectivity index (χ4v) is 1.71. The molecule has 80 valence electrons. The monoisotopic (exact) mass is 215 g/mol. The summed E-state index contributed by atoms with van der Waals surface area (Å²) in [5.41, 5.74) is 0.937. The molecule has 0 saturated carbocycles. The highest BCUT2D eigenvalue weighted by atomic mass is 32.1. The molecule has 0 fully saturated rings. The summed E-state index contributed by atoms with van der Waals surface area (Å²) in [4.78, 5) is 0. The molecular formula is C9H17N3OS. The van der Waals surface area contributed by atoms with E-state index in [0.717, 1.165) is 12.1 Å². The van der Waals surface area contributed by atoms with E-state index in [4.69, 9.17) is 0 Å². The molecule has 1 heterocycles. The lowest BCUT2D eigenvalue weighted by atomic mass is 10.1. The fourth-order valence-electron chi connectivity index (χ4n) is 1.26. The van der Waals surface area contributed by atoms with E-state index in [2.05, 4.69) is 28.8 Å². The van der Waals surface area contributed by atoms with Crippen molar-refractivity contribution in [3.05, 3.63) is 11.1 Å². The highest BCUT2D eigenvalue weighted by Crippen LogP contribution is 2.03. The summed E-state index contributed by atoms with van der Waals surface area (Å²) in [6, 6.07) is 0. The molecular weight excluding hydrogens is 198 g/mol. The van der Waals surface area contributed by atoms with Gasteiger partial charge < -0.3 is 10.4 Å². The molecule has 0 aliphatic carbocycles. The maximum atomic E-state index is 9.55. The summed E-state index contributed by atoms with van der Waals surface area (Å²) in [7, 11) is 0. The van der Waals surface area contributed by atoms with Gasteiger partial charge in [0.1, 0.15) is 0 Å². The van der Waals surface area contributed by atoms with Crippen LogP contribution in [0.15, 0.2) is 5.38 Å². The molecule has 0 spiro atoms. The first-order valence-corrected chi connectivity index (χ1v) is 5.67. The predicted molar refractivity (Wildman–Crippen MR) is 57.1 cm³/mol. The third-order valence-corrected chi connectivity index (χ3v) is 2.39. The standard InChI is InChI=1S/C9H17N3OS/c1-7(2)3-9(13)5-10-4-8-6-14-12-11-8/h6-7,9-10,13H,3-5H2,1-2H3. The molecule has 4 nitrogen and oxygen atoms in total. The van der Waals surface area contributed by atoms with E-state index in [0.29, 0.717) is 19.0 Å². The molecule has 1 aromatic rings. The number of hydrogen-bond acceptors (Lipinski definition) is 5. The van der Waals surface area contributed by atoms with Gasteiger partial charge in [0, 0.05) is 18.5 Å². The maximum Gasteiger partial charge on any atom is 0.0893 e. The van der Waals surface area contributed by atoms with Crippen molar-refractivity contribution in [2.45, 2.75) is 32.9 Å². The van der Waals surface area contributed by atoms with Crippen molar-refractivity contribution >= 4 is 11.5 Å². The van der Waals surface area contributed by atoms with Crippen LogP contribution in [0.2, 0.25) is 0 Å². The molecule has 0 radical (unpaired) electrons. The third kappa shape index (κ3) is 4.64. The van der Waals surface area contributed by atoms with E-state index < -0.39 is 0 Å². The van der Waals surface area contributed by atoms with Gasteiger partial charge in [0.25, 0.3) is 0 Å². The van der Waals surface area contributed by atoms with E-state index in [1.54, 1.807) is 0 Å². The SMILES string of the molecule is CC(C)CC(O)CNCc1csnn1. The van der Waals surface area contributed by atoms with Gasteiger partial charge in [-0.15, -0.1) is 5.10 Å². The van der Waals surface area contributed by atoms with Crippen LogP contribution in [0.4, 0.5) is 0 Å². The number of hydrogen-bond donors (Lipinski definition) is 2. The van der Waals surface area contributed by atoms with E-state index in [1.165, 1.54) is 11.5 Å². The Bertz CT molecular complexity index is 238. The van der Waals surface area contributed by atoms with E-state index in [-0.39, 0.29) is 6.10 Å². The Hall–Kier alpha value is -0.520. The highest BCUT2D eigenvalue weighted by Gasteiger charge is 2.06. The molecule has 0 saturated heterocycles. The van der Waals surface area contributed by atoms with Crippen molar-refractivity contribution in [1.82, 2.24) is 14.9 Å². The molecule has 1 atom stereocenters. The quantitative estimate of drug-likeness (QED) is 0.744. The molecule has 0 aliphatic heterocycles. The minimum atomic E-state index is -0.262. The number of aromatic nitrogens is 2. The first-order valence-electron chi connectivity index (χ1n) is 4.83. The molecule has 0 bridgehead atoms. The van der Waals surface area contributed by atoms with Gasteiger partial charge in [0.15, 0.2) is 0 Å². The Morgan fingerprint density at radius 2 is 2.36 bits per heavy atom. The van der Waals surface area contributed by atoms with Crippen LogP contribution in [0.25, 0.3) is 0 Å². The maximum absolute atomic E-state index is 9.55. The van der Waals surface area contributed by atoms with Crippen molar-refractivity contribution in [1.29, 1.82) is 0 Å². The molecule has 0 amide bonds. The van der Waals surface area contributed by atoms with Gasteiger partial charge >= 0.3 is 0 Å². The van der Waals surface area contributed by atoms with Crippen LogP contribution in [-0.4, -0.2) is 27.3 Å². The number of aliphatic hydroxyl groups is 1. The van der Waals surface area contributed by atoms with Crippen molar-refractivity contribution in [2.75, 3.05) is 6.54 Å². The van der Waals surface area contributed by atoms with Crippen LogP contribution in [0.1, 0.15) is 26.0 Å². The van der Waals surface area contributed by atoms with Crippen molar-refractivity contribution in [3.63, 3.8) is 0 Å². The van der Waals surface area contributed by atoms with Crippen LogP contribution < -0.4 is 5.32 Å². The Kier molecular flexibility index (Phi) is 5.00. The van der Waals surface area contributed by atoms with Crippen LogP contribution in [-0.2, 0) is 6.54 Å². The topological polar surface area (TPSA) is 58.0 Å². The first kappa shape index (κ1) is 11.6. The van der Waals surface area contributed by atoms with Crippen LogP contribution in [0.3, 0.4) is 0 Å². The zero-order valence-corrected chi connectivity index (χ0v) is 9.42. The molecule has 1 unspecified atom stereocenters. The van der Waals surface area contributed by atoms with Crippen molar-refractivity contribution in [2.24, 2.45) is 5.92 Å². The summed E-state index contributed by atoms with van der Waals surface area (Å²) >= 11 is 1.35. The number of rotatable bonds is 6. The summed E-state index contributed by atoms with van der Waals surface area (Å²) < 4.78 is 3.76. The van der Waals surface area contributed by atoms with Crippen LogP contribution in [0.5, 0.6) is 0 Å². The first-order chi connectivity index (χ1) is 6.68. The van der Waals surface area contributed by atoms with Gasteiger partial charge in [0.05, 0.1) is 11.8 Å². The number of nitrogens with one attached hydrogen (secondary N) is 1. The Labute approximate surface area is 88.5 Å². The summed E-state index contributed by atoms with van der Waals surface area (Å²) in [5.74, 6) is 0.535. The second-order valence-electron chi connectivity index (χ2n) is 3.81. The van der Waals surface area contributed by atoms with Gasteiger partial charge in [-0.3, -0.25) is 0 Å². The van der Waals surface area contributed by atoms with Gasteiger partial charge in [-0.1, -0.05) is 18.3 Å². The van der Waals surface area contributed by atoms with Gasteiger partial charge in [-0.25, -0.2) is 0 Å². The normalized spacial score (nSPS) is 13.4. The number of nitrogens with zero attached hydrogens (tertiary/aromatic N) is 2. The van der Waals surface area contributed by atoms with Gasteiger partial charge in [-0.2, -0.15) is 0 Å². The zero-order valence-electron chi connectivity index (χ0n) is 8.60. The van der Waals surface area contributed by atoms with E-state index >= 15 is 0 Å². The summed E-state index contributed by atoms with van der Waals surface area (Å²) in [6.07, 6.45) is 0.573. The largest absolute Gasteiger partial charge is 0.392 e. The number of aliphatic hydroxyl groups excluding tert-OH is 1. The predicted octanol–water partition coefficient (Wildman–Crippen LogP) is 1.03. The minimum Gasteiger partial charge on any atom is -0.392 e. The van der Waals surface area contributed by atoms with Crippen molar-refractivity contribution in [3.8, 4) is 0 Å². The molecule has 2 N–H and O–H groups in total. The molecule has 0 aromatic carbocycles. The summed E-state index contributed by atoms with van der Waals surface area (Å²) in [6.45, 7) is 5.52. The molecule has 5 heteroatoms. The average Bonchev–Trinajstić information content (AvgIpc) is 2.55. The second-order valence-corrected chi connectivity index (χ2v) is 4.42. The molecule has 1 aromatic heterocycles. The average molecular weight is 215 g/mol. The lowest BCUT2D eigenvalue weighted by Gasteiger charge is -2.12. The zero-order chi connectivity index (χ0) is 10.4. The molecule has 0 aliphatic rings. The second kappa shape index (κ2) is 6.06. The Morgan fingerprint density at radius 1 is 1.57 bits per heavy atom. The Morgan fingerprint density at radius 3 is 2.93 bits per heavy atom. The summed E-state index contributed by atoms with van der Waals surface area (Å²) in [5, 5.41) is 18.5. The lowest BCUT2D eigenvalue weighted by Crippen LogP contribution is -2.27. The van der Waals surface area contributed by atoms with Crippen molar-refractivity contribution < 1.29 is 5.11 Å². The third-order valence-electron chi connectivity index (χ3n) is 1.83. The lowest BCUT2D eigenvalue weighted by molar-refractivity contribution is 0.146. The minimum absolute atomic E-state index is 0.262. The van der Waals surface area contributed by atoms with Gasteiger partial charge in [-0.05, 0) is 23.9 Å². The van der Waals surface area contributed by atoms with Crippen LogP contribution in [0, 0.1) is 5.92 Å². The smallest absolute Gasteiger partial charge is 0.0893 e. The van der Waals surface area contributed by atoms with E-state index in [9.17, 15) is 5.11 Å².